The molecule has 0 spiro atoms. The first kappa shape index (κ1) is 13.9. The van der Waals surface area contributed by atoms with Crippen LogP contribution in [0.4, 0.5) is 0 Å². The second-order valence-electron chi connectivity index (χ2n) is 3.90. The molecule has 1 aliphatic rings. The van der Waals surface area contributed by atoms with Crippen molar-refractivity contribution in [2.45, 2.75) is 12.1 Å². The second kappa shape index (κ2) is 4.98. The highest BCUT2D eigenvalue weighted by atomic mass is 32.2. The monoisotopic (exact) mass is 267 g/mol. The van der Waals surface area contributed by atoms with Crippen molar-refractivity contribution in [2.75, 3.05) is 24.6 Å². The smallest absolute Gasteiger partial charge is 0.317 e. The number of nitrogens with zero attached hydrogens (tertiary/aromatic N) is 1. The van der Waals surface area contributed by atoms with Crippen LogP contribution in [0, 0.1) is 0 Å². The van der Waals surface area contributed by atoms with Crippen molar-refractivity contribution >= 4 is 21.8 Å². The quantitative estimate of drug-likeness (QED) is 0.503. The first-order valence-corrected chi connectivity index (χ1v) is 6.59. The normalized spacial score (nSPS) is 27.2. The van der Waals surface area contributed by atoms with Crippen LogP contribution in [0.5, 0.6) is 0 Å². The fraction of sp³-hybridized carbons (Fsp3) is 0.750. The maximum absolute atomic E-state index is 11.2. The molecule has 0 aliphatic carbocycles. The van der Waals surface area contributed by atoms with Crippen LogP contribution in [0.15, 0.2) is 0 Å². The summed E-state index contributed by atoms with van der Waals surface area (Å²) in [6.45, 7) is -1.24. The molecule has 1 saturated heterocycles. The van der Waals surface area contributed by atoms with Gasteiger partial charge >= 0.3 is 11.9 Å². The molecule has 2 atom stereocenters. The minimum absolute atomic E-state index is 0.422. The van der Waals surface area contributed by atoms with Crippen LogP contribution in [0.25, 0.3) is 0 Å². The first-order valence-electron chi connectivity index (χ1n) is 4.77. The number of hydrogen-bond acceptors (Lipinski definition) is 6. The lowest BCUT2D eigenvalue weighted by Crippen LogP contribution is -2.47. The number of carbonyl (C=O) groups is 2. The van der Waals surface area contributed by atoms with E-state index in [1.807, 2.05) is 0 Å². The van der Waals surface area contributed by atoms with E-state index in [1.165, 1.54) is 0 Å². The van der Waals surface area contributed by atoms with Gasteiger partial charge in [-0.15, -0.1) is 0 Å². The van der Waals surface area contributed by atoms with Gasteiger partial charge in [-0.05, 0) is 0 Å². The minimum Gasteiger partial charge on any atom is -0.480 e. The fourth-order valence-electron chi connectivity index (χ4n) is 1.80. The maximum Gasteiger partial charge on any atom is 0.317 e. The van der Waals surface area contributed by atoms with Crippen LogP contribution < -0.4 is 0 Å². The van der Waals surface area contributed by atoms with Crippen molar-refractivity contribution < 1.29 is 33.3 Å². The fourth-order valence-corrected chi connectivity index (χ4v) is 3.63. The van der Waals surface area contributed by atoms with Crippen LogP contribution in [0.3, 0.4) is 0 Å². The molecular weight excluding hydrogens is 254 g/mol. The Kier molecular flexibility index (Phi) is 4.07. The summed E-state index contributed by atoms with van der Waals surface area (Å²) in [6, 6.07) is -0.979. The van der Waals surface area contributed by atoms with Gasteiger partial charge in [-0.25, -0.2) is 8.42 Å². The average Bonchev–Trinajstić information content (AvgIpc) is 2.36. The van der Waals surface area contributed by atoms with Gasteiger partial charge in [-0.3, -0.25) is 14.5 Å². The topological polar surface area (TPSA) is 132 Å². The van der Waals surface area contributed by atoms with E-state index < -0.39 is 58.5 Å². The number of rotatable bonds is 5. The molecule has 3 N–H and O–H groups in total. The van der Waals surface area contributed by atoms with Crippen LogP contribution in [-0.4, -0.2) is 77.3 Å². The number of hydrogen-bond donors (Lipinski definition) is 3. The van der Waals surface area contributed by atoms with Crippen molar-refractivity contribution in [3.8, 4) is 0 Å². The summed E-state index contributed by atoms with van der Waals surface area (Å²) >= 11 is 0. The number of aliphatic hydroxyl groups is 1. The molecule has 1 rings (SSSR count). The van der Waals surface area contributed by atoms with Gasteiger partial charge in [0.25, 0.3) is 0 Å². The average molecular weight is 267 g/mol. The summed E-state index contributed by atoms with van der Waals surface area (Å²) in [6.07, 6.45) is -1.25. The van der Waals surface area contributed by atoms with Crippen molar-refractivity contribution in [1.29, 1.82) is 0 Å². The molecule has 98 valence electrons. The number of sulfone groups is 1. The van der Waals surface area contributed by atoms with Crippen molar-refractivity contribution in [3.05, 3.63) is 0 Å². The first-order chi connectivity index (χ1) is 7.71. The Hall–Kier alpha value is -1.19. The molecule has 0 aromatic carbocycles. The van der Waals surface area contributed by atoms with E-state index in [0.717, 1.165) is 4.90 Å². The predicted octanol–water partition coefficient (Wildman–Crippen LogP) is -2.38. The number of aliphatic carboxylic acids is 2. The lowest BCUT2D eigenvalue weighted by molar-refractivity contribution is -0.143. The number of carboxylic acid groups (broad SMARTS) is 2. The molecule has 1 fully saturated rings. The van der Waals surface area contributed by atoms with E-state index in [0.29, 0.717) is 0 Å². The molecule has 17 heavy (non-hydrogen) atoms. The van der Waals surface area contributed by atoms with Gasteiger partial charge < -0.3 is 15.3 Å². The highest BCUT2D eigenvalue weighted by molar-refractivity contribution is 7.91. The third-order valence-corrected chi connectivity index (χ3v) is 4.14. The van der Waals surface area contributed by atoms with Crippen molar-refractivity contribution in [3.63, 3.8) is 0 Å². The summed E-state index contributed by atoms with van der Waals surface area (Å²) in [5.41, 5.74) is 0. The molecule has 0 radical (unpaired) electrons. The zero-order valence-electron chi connectivity index (χ0n) is 8.81. The molecule has 0 amide bonds. The summed E-state index contributed by atoms with van der Waals surface area (Å²) in [4.78, 5) is 22.0. The zero-order valence-corrected chi connectivity index (χ0v) is 9.63. The van der Waals surface area contributed by atoms with Crippen LogP contribution in [-0.2, 0) is 19.4 Å². The molecule has 1 heterocycles. The highest BCUT2D eigenvalue weighted by Gasteiger charge is 2.41. The Bertz CT molecular complexity index is 402. The van der Waals surface area contributed by atoms with E-state index in [9.17, 15) is 23.1 Å². The van der Waals surface area contributed by atoms with Gasteiger partial charge in [0.2, 0.25) is 0 Å². The molecule has 0 saturated carbocycles. The Balaban J connectivity index is 2.83. The molecule has 8 nitrogen and oxygen atoms in total. The Morgan fingerprint density at radius 1 is 1.12 bits per heavy atom. The van der Waals surface area contributed by atoms with Gasteiger partial charge in [0.05, 0.1) is 36.7 Å². The summed E-state index contributed by atoms with van der Waals surface area (Å²) in [5, 5.41) is 26.7. The molecule has 0 bridgehead atoms. The maximum atomic E-state index is 11.2. The molecule has 9 heteroatoms. The van der Waals surface area contributed by atoms with Gasteiger partial charge in [0.1, 0.15) is 0 Å². The van der Waals surface area contributed by atoms with Crippen molar-refractivity contribution in [1.82, 2.24) is 4.90 Å². The van der Waals surface area contributed by atoms with Gasteiger partial charge in [0, 0.05) is 0 Å². The standard InChI is InChI=1S/C8H13NO7S/c10-6-4-17(15,16)3-5(6)9(1-7(11)12)2-8(13)14/h5-6,10H,1-4H2,(H,11,12)(H,13,14). The molecule has 0 aromatic heterocycles. The Labute approximate surface area is 97.4 Å². The predicted molar refractivity (Wildman–Crippen MR) is 55.3 cm³/mol. The lowest BCUT2D eigenvalue weighted by Gasteiger charge is -2.26. The van der Waals surface area contributed by atoms with Gasteiger partial charge in [-0.2, -0.15) is 0 Å². The third kappa shape index (κ3) is 3.95. The summed E-state index contributed by atoms with van der Waals surface area (Å²) in [5.74, 6) is -3.44. The third-order valence-electron chi connectivity index (χ3n) is 2.44. The van der Waals surface area contributed by atoms with Crippen LogP contribution >= 0.6 is 0 Å². The van der Waals surface area contributed by atoms with Crippen LogP contribution in [0.2, 0.25) is 0 Å². The second-order valence-corrected chi connectivity index (χ2v) is 6.06. The molecule has 0 aromatic rings. The van der Waals surface area contributed by atoms with Gasteiger partial charge in [0.15, 0.2) is 9.84 Å². The summed E-state index contributed by atoms with van der Waals surface area (Å²) < 4.78 is 22.5. The van der Waals surface area contributed by atoms with Gasteiger partial charge in [-0.1, -0.05) is 0 Å². The Morgan fingerprint density at radius 2 is 1.59 bits per heavy atom. The minimum atomic E-state index is -3.44. The van der Waals surface area contributed by atoms with Crippen molar-refractivity contribution in [2.24, 2.45) is 0 Å². The number of carboxylic acids is 2. The van der Waals surface area contributed by atoms with E-state index >= 15 is 0 Å². The lowest BCUT2D eigenvalue weighted by atomic mass is 10.2. The molecular formula is C8H13NO7S. The zero-order chi connectivity index (χ0) is 13.2. The molecule has 2 unspecified atom stereocenters. The van der Waals surface area contributed by atoms with Crippen LogP contribution in [0.1, 0.15) is 0 Å². The number of aliphatic hydroxyl groups excluding tert-OH is 1. The van der Waals surface area contributed by atoms with E-state index in [2.05, 4.69) is 0 Å². The summed E-state index contributed by atoms with van der Waals surface area (Å²) in [7, 11) is -3.44. The van der Waals surface area contributed by atoms with E-state index in [4.69, 9.17) is 10.2 Å². The highest BCUT2D eigenvalue weighted by Crippen LogP contribution is 2.18. The van der Waals surface area contributed by atoms with E-state index in [-0.39, 0.29) is 0 Å². The SMILES string of the molecule is O=C(O)CN(CC(=O)O)C1CS(=O)(=O)CC1O. The Morgan fingerprint density at radius 3 is 1.88 bits per heavy atom. The van der Waals surface area contributed by atoms with E-state index in [1.54, 1.807) is 0 Å². The molecule has 1 aliphatic heterocycles. The largest absolute Gasteiger partial charge is 0.480 e.